The average Bonchev–Trinajstić information content (AvgIpc) is 2.52. The Morgan fingerprint density at radius 2 is 1.96 bits per heavy atom. The van der Waals surface area contributed by atoms with Gasteiger partial charge in [-0.25, -0.2) is 4.79 Å². The van der Waals surface area contributed by atoms with Crippen molar-refractivity contribution >= 4 is 17.9 Å². The number of amides is 3. The van der Waals surface area contributed by atoms with Crippen LogP contribution in [0.3, 0.4) is 0 Å². The van der Waals surface area contributed by atoms with E-state index in [9.17, 15) is 14.4 Å². The number of nitrogens with two attached hydrogens (primary N) is 1. The average molecular weight is 319 g/mol. The molecule has 0 aromatic heterocycles. The minimum atomic E-state index is -0.755. The van der Waals surface area contributed by atoms with Gasteiger partial charge in [0.15, 0.2) is 6.61 Å². The molecule has 1 aromatic carbocycles. The van der Waals surface area contributed by atoms with Crippen molar-refractivity contribution in [1.82, 2.24) is 10.6 Å². The van der Waals surface area contributed by atoms with Crippen molar-refractivity contribution in [2.45, 2.75) is 6.04 Å². The van der Waals surface area contributed by atoms with Gasteiger partial charge in [-0.2, -0.15) is 0 Å². The predicted octanol–water partition coefficient (Wildman–Crippen LogP) is 0.207. The summed E-state index contributed by atoms with van der Waals surface area (Å²) in [6.07, 6.45) is 0. The fourth-order valence-corrected chi connectivity index (χ4v) is 2.29. The van der Waals surface area contributed by atoms with Gasteiger partial charge in [0.25, 0.3) is 5.91 Å². The van der Waals surface area contributed by atoms with Gasteiger partial charge in [0, 0.05) is 5.70 Å². The molecule has 0 radical (unpaired) electrons. The Labute approximate surface area is 132 Å². The lowest BCUT2D eigenvalue weighted by atomic mass is 9.89. The SMILES string of the molecule is C=C1NC(=O)NC(c2ccc(OCC(N)=O)cc2)C1C(=O)OC. The first kappa shape index (κ1) is 16.3. The van der Waals surface area contributed by atoms with Crippen LogP contribution in [0.5, 0.6) is 5.75 Å². The molecule has 2 rings (SSSR count). The Morgan fingerprint density at radius 3 is 2.52 bits per heavy atom. The van der Waals surface area contributed by atoms with Crippen LogP contribution in [0.15, 0.2) is 36.5 Å². The maximum atomic E-state index is 12.0. The van der Waals surface area contributed by atoms with Crippen LogP contribution < -0.4 is 21.1 Å². The minimum Gasteiger partial charge on any atom is -0.484 e. The normalized spacial score (nSPS) is 20.2. The molecule has 0 saturated carbocycles. The van der Waals surface area contributed by atoms with E-state index in [4.69, 9.17) is 15.2 Å². The molecule has 122 valence electrons. The molecule has 1 saturated heterocycles. The molecule has 23 heavy (non-hydrogen) atoms. The zero-order valence-electron chi connectivity index (χ0n) is 12.5. The predicted molar refractivity (Wildman–Crippen MR) is 80.2 cm³/mol. The molecule has 2 atom stereocenters. The second kappa shape index (κ2) is 6.82. The van der Waals surface area contributed by atoms with E-state index in [-0.39, 0.29) is 12.3 Å². The third-order valence-electron chi connectivity index (χ3n) is 3.34. The van der Waals surface area contributed by atoms with E-state index in [1.165, 1.54) is 7.11 Å². The van der Waals surface area contributed by atoms with E-state index in [0.717, 1.165) is 0 Å². The van der Waals surface area contributed by atoms with Crippen LogP contribution >= 0.6 is 0 Å². The van der Waals surface area contributed by atoms with Gasteiger partial charge in [-0.3, -0.25) is 9.59 Å². The first-order chi connectivity index (χ1) is 10.9. The number of rotatable bonds is 5. The molecule has 0 aliphatic carbocycles. The molecular formula is C15H17N3O5. The van der Waals surface area contributed by atoms with Gasteiger partial charge in [0.05, 0.1) is 13.2 Å². The van der Waals surface area contributed by atoms with Crippen LogP contribution in [0.4, 0.5) is 4.79 Å². The van der Waals surface area contributed by atoms with Gasteiger partial charge in [-0.05, 0) is 17.7 Å². The summed E-state index contributed by atoms with van der Waals surface area (Å²) in [6.45, 7) is 3.48. The van der Waals surface area contributed by atoms with Crippen LogP contribution in [-0.2, 0) is 14.3 Å². The summed E-state index contributed by atoms with van der Waals surface area (Å²) in [7, 11) is 1.27. The highest BCUT2D eigenvalue weighted by Gasteiger charge is 2.38. The van der Waals surface area contributed by atoms with Crippen LogP contribution in [0.1, 0.15) is 11.6 Å². The second-order valence-corrected chi connectivity index (χ2v) is 4.93. The van der Waals surface area contributed by atoms with Gasteiger partial charge in [-0.1, -0.05) is 18.7 Å². The minimum absolute atomic E-state index is 0.231. The Bertz CT molecular complexity index is 641. The summed E-state index contributed by atoms with van der Waals surface area (Å²) in [5.41, 5.74) is 5.94. The van der Waals surface area contributed by atoms with Crippen LogP contribution in [-0.4, -0.2) is 31.6 Å². The third kappa shape index (κ3) is 3.79. The second-order valence-electron chi connectivity index (χ2n) is 4.93. The molecule has 8 heteroatoms. The fourth-order valence-electron chi connectivity index (χ4n) is 2.29. The molecule has 0 spiro atoms. The van der Waals surface area contributed by atoms with Crippen molar-refractivity contribution in [2.75, 3.05) is 13.7 Å². The molecule has 8 nitrogen and oxygen atoms in total. The van der Waals surface area contributed by atoms with Crippen molar-refractivity contribution < 1.29 is 23.9 Å². The van der Waals surface area contributed by atoms with Crippen LogP contribution in [0.2, 0.25) is 0 Å². The Balaban J connectivity index is 2.22. The summed E-state index contributed by atoms with van der Waals surface area (Å²) < 4.78 is 9.93. The molecule has 1 heterocycles. The number of primary amides is 1. The molecular weight excluding hydrogens is 302 g/mol. The largest absolute Gasteiger partial charge is 0.484 e. The van der Waals surface area contributed by atoms with Gasteiger partial charge in [0.2, 0.25) is 0 Å². The van der Waals surface area contributed by atoms with E-state index >= 15 is 0 Å². The first-order valence-corrected chi connectivity index (χ1v) is 6.77. The lowest BCUT2D eigenvalue weighted by Crippen LogP contribution is -2.50. The zero-order valence-corrected chi connectivity index (χ0v) is 12.5. The number of carbonyl (C=O) groups excluding carboxylic acids is 3. The highest BCUT2D eigenvalue weighted by Crippen LogP contribution is 2.31. The number of benzene rings is 1. The quantitative estimate of drug-likeness (QED) is 0.670. The molecule has 0 bridgehead atoms. The molecule has 1 aliphatic rings. The van der Waals surface area contributed by atoms with Crippen molar-refractivity contribution in [3.8, 4) is 5.75 Å². The van der Waals surface area contributed by atoms with Crippen molar-refractivity contribution in [2.24, 2.45) is 11.7 Å². The highest BCUT2D eigenvalue weighted by atomic mass is 16.5. The summed E-state index contributed by atoms with van der Waals surface area (Å²) in [5.74, 6) is -1.40. The Morgan fingerprint density at radius 1 is 1.30 bits per heavy atom. The maximum absolute atomic E-state index is 12.0. The zero-order chi connectivity index (χ0) is 17.0. The molecule has 1 fully saturated rings. The molecule has 3 amide bonds. The van der Waals surface area contributed by atoms with Crippen LogP contribution in [0.25, 0.3) is 0 Å². The monoisotopic (exact) mass is 319 g/mol. The number of urea groups is 1. The van der Waals surface area contributed by atoms with Gasteiger partial charge >= 0.3 is 12.0 Å². The van der Waals surface area contributed by atoms with Crippen molar-refractivity contribution in [3.63, 3.8) is 0 Å². The molecule has 1 aliphatic heterocycles. The first-order valence-electron chi connectivity index (χ1n) is 6.77. The molecule has 1 aromatic rings. The maximum Gasteiger partial charge on any atom is 0.319 e. The Kier molecular flexibility index (Phi) is 4.85. The number of carbonyl (C=O) groups is 3. The number of esters is 1. The number of hydrogen-bond donors (Lipinski definition) is 3. The van der Waals surface area contributed by atoms with E-state index in [0.29, 0.717) is 11.3 Å². The smallest absolute Gasteiger partial charge is 0.319 e. The van der Waals surface area contributed by atoms with E-state index in [1.54, 1.807) is 24.3 Å². The molecule has 4 N–H and O–H groups in total. The van der Waals surface area contributed by atoms with Crippen molar-refractivity contribution in [3.05, 3.63) is 42.1 Å². The number of methoxy groups -OCH3 is 1. The number of nitrogens with one attached hydrogen (secondary N) is 2. The van der Waals surface area contributed by atoms with Crippen molar-refractivity contribution in [1.29, 1.82) is 0 Å². The van der Waals surface area contributed by atoms with E-state index in [2.05, 4.69) is 17.2 Å². The van der Waals surface area contributed by atoms with Gasteiger partial charge < -0.3 is 25.8 Å². The fraction of sp³-hybridized carbons (Fsp3) is 0.267. The Hall–Kier alpha value is -3.03. The highest BCUT2D eigenvalue weighted by molar-refractivity contribution is 5.85. The van der Waals surface area contributed by atoms with Gasteiger partial charge in [0.1, 0.15) is 11.7 Å². The lowest BCUT2D eigenvalue weighted by Gasteiger charge is -2.33. The standard InChI is InChI=1S/C15H17N3O5/c1-8-12(14(20)22-2)13(18-15(21)17-8)9-3-5-10(6-4-9)23-7-11(16)19/h3-6,12-13H,1,7H2,2H3,(H2,16,19)(H2,17,18,21). The summed E-state index contributed by atoms with van der Waals surface area (Å²) in [5, 5.41) is 5.14. The van der Waals surface area contributed by atoms with E-state index < -0.39 is 29.9 Å². The van der Waals surface area contributed by atoms with Gasteiger partial charge in [-0.15, -0.1) is 0 Å². The summed E-state index contributed by atoms with van der Waals surface area (Å²) >= 11 is 0. The number of hydrogen-bond acceptors (Lipinski definition) is 5. The van der Waals surface area contributed by atoms with Crippen LogP contribution in [0, 0.1) is 5.92 Å². The molecule has 2 unspecified atom stereocenters. The lowest BCUT2D eigenvalue weighted by molar-refractivity contribution is -0.145. The topological polar surface area (TPSA) is 120 Å². The number of ether oxygens (including phenoxy) is 2. The summed E-state index contributed by atoms with van der Waals surface area (Å²) in [6, 6.07) is 5.52. The third-order valence-corrected chi connectivity index (χ3v) is 3.34. The summed E-state index contributed by atoms with van der Waals surface area (Å²) in [4.78, 5) is 34.3. The van der Waals surface area contributed by atoms with E-state index in [1.807, 2.05) is 0 Å².